The zero-order valence-corrected chi connectivity index (χ0v) is 14.3. The van der Waals surface area contributed by atoms with Gasteiger partial charge in [-0.2, -0.15) is 0 Å². The van der Waals surface area contributed by atoms with Crippen LogP contribution in [0.15, 0.2) is 42.5 Å². The zero-order chi connectivity index (χ0) is 17.4. The van der Waals surface area contributed by atoms with Gasteiger partial charge in [-0.15, -0.1) is 0 Å². The number of nitrogens with one attached hydrogen (secondary N) is 1. The summed E-state index contributed by atoms with van der Waals surface area (Å²) in [7, 11) is 0. The Morgan fingerprint density at radius 2 is 1.72 bits per heavy atom. The average molecular weight is 335 g/mol. The van der Waals surface area contributed by atoms with Gasteiger partial charge in [-0.05, 0) is 42.8 Å². The summed E-state index contributed by atoms with van der Waals surface area (Å²) in [6.45, 7) is 5.05. The van der Waals surface area contributed by atoms with Gasteiger partial charge in [-0.25, -0.2) is 0 Å². The van der Waals surface area contributed by atoms with Gasteiger partial charge >= 0.3 is 0 Å². The van der Waals surface area contributed by atoms with Crippen molar-refractivity contribution in [3.63, 3.8) is 0 Å². The Hall–Kier alpha value is -2.82. The predicted molar refractivity (Wildman–Crippen MR) is 98.1 cm³/mol. The number of hydrogen-bond acceptors (Lipinski definition) is 3. The molecule has 2 aromatic carbocycles. The summed E-state index contributed by atoms with van der Waals surface area (Å²) in [4.78, 5) is 28.3. The lowest BCUT2D eigenvalue weighted by atomic mass is 10.1. The number of carbonyl (C=O) groups is 2. The number of amides is 2. The van der Waals surface area contributed by atoms with Crippen molar-refractivity contribution in [3.8, 4) is 0 Å². The van der Waals surface area contributed by atoms with Gasteiger partial charge in [-0.1, -0.05) is 17.7 Å². The fraction of sp³-hybridized carbons (Fsp3) is 0.300. The molecule has 2 aliphatic rings. The average Bonchev–Trinajstić information content (AvgIpc) is 3.01. The van der Waals surface area contributed by atoms with Crippen molar-refractivity contribution < 1.29 is 9.59 Å². The summed E-state index contributed by atoms with van der Waals surface area (Å²) < 4.78 is 0. The highest BCUT2D eigenvalue weighted by Crippen LogP contribution is 2.28. The van der Waals surface area contributed by atoms with Crippen molar-refractivity contribution in [2.45, 2.75) is 13.3 Å². The molecule has 1 fully saturated rings. The number of rotatable bonds is 2. The van der Waals surface area contributed by atoms with Gasteiger partial charge in [0.2, 0.25) is 5.91 Å². The van der Waals surface area contributed by atoms with Crippen LogP contribution in [0.2, 0.25) is 0 Å². The first-order valence-corrected chi connectivity index (χ1v) is 8.64. The first-order chi connectivity index (χ1) is 12.1. The van der Waals surface area contributed by atoms with E-state index in [1.807, 2.05) is 48.2 Å². The largest absolute Gasteiger partial charge is 0.368 e. The maximum Gasteiger partial charge on any atom is 0.253 e. The van der Waals surface area contributed by atoms with Crippen molar-refractivity contribution >= 4 is 23.2 Å². The monoisotopic (exact) mass is 335 g/mol. The molecule has 0 radical (unpaired) electrons. The number of aryl methyl sites for hydroxylation is 1. The van der Waals surface area contributed by atoms with Gasteiger partial charge in [0.1, 0.15) is 0 Å². The topological polar surface area (TPSA) is 52.7 Å². The quantitative estimate of drug-likeness (QED) is 0.917. The van der Waals surface area contributed by atoms with E-state index < -0.39 is 0 Å². The zero-order valence-electron chi connectivity index (χ0n) is 14.3. The summed E-state index contributed by atoms with van der Waals surface area (Å²) in [5, 5.41) is 2.86. The number of hydrogen-bond donors (Lipinski definition) is 1. The molecule has 2 heterocycles. The van der Waals surface area contributed by atoms with E-state index in [1.165, 1.54) is 0 Å². The van der Waals surface area contributed by atoms with Gasteiger partial charge in [-0.3, -0.25) is 9.59 Å². The van der Waals surface area contributed by atoms with E-state index in [0.29, 0.717) is 19.5 Å². The molecular weight excluding hydrogens is 314 g/mol. The van der Waals surface area contributed by atoms with E-state index in [-0.39, 0.29) is 11.8 Å². The maximum absolute atomic E-state index is 12.6. The van der Waals surface area contributed by atoms with Crippen molar-refractivity contribution in [1.29, 1.82) is 0 Å². The second-order valence-electron chi connectivity index (χ2n) is 6.71. The Balaban J connectivity index is 1.42. The highest BCUT2D eigenvalue weighted by molar-refractivity contribution is 5.99. The van der Waals surface area contributed by atoms with Gasteiger partial charge in [0, 0.05) is 43.1 Å². The van der Waals surface area contributed by atoms with Crippen LogP contribution in [0.25, 0.3) is 0 Å². The van der Waals surface area contributed by atoms with Crippen molar-refractivity contribution in [3.05, 3.63) is 59.2 Å². The molecule has 0 saturated carbocycles. The summed E-state index contributed by atoms with van der Waals surface area (Å²) in [5.41, 5.74) is 5.01. The molecule has 0 aliphatic carbocycles. The number of benzene rings is 2. The first kappa shape index (κ1) is 15.7. The smallest absolute Gasteiger partial charge is 0.253 e. The second-order valence-corrected chi connectivity index (χ2v) is 6.71. The fourth-order valence-electron chi connectivity index (χ4n) is 3.46. The van der Waals surface area contributed by atoms with Crippen LogP contribution in [-0.4, -0.2) is 42.9 Å². The third kappa shape index (κ3) is 3.09. The lowest BCUT2D eigenvalue weighted by Gasteiger charge is -2.36. The summed E-state index contributed by atoms with van der Waals surface area (Å²) in [6, 6.07) is 13.8. The third-order valence-electron chi connectivity index (χ3n) is 4.94. The molecule has 128 valence electrons. The Morgan fingerprint density at radius 1 is 1.00 bits per heavy atom. The lowest BCUT2D eigenvalue weighted by Crippen LogP contribution is -2.48. The Kier molecular flexibility index (Phi) is 3.92. The third-order valence-corrected chi connectivity index (χ3v) is 4.94. The van der Waals surface area contributed by atoms with E-state index in [1.54, 1.807) is 0 Å². The molecule has 4 rings (SSSR count). The molecule has 0 atom stereocenters. The van der Waals surface area contributed by atoms with E-state index >= 15 is 0 Å². The van der Waals surface area contributed by atoms with Crippen LogP contribution in [0.4, 0.5) is 11.4 Å². The fourth-order valence-corrected chi connectivity index (χ4v) is 3.46. The van der Waals surface area contributed by atoms with E-state index in [4.69, 9.17) is 0 Å². The Labute approximate surface area is 147 Å². The van der Waals surface area contributed by atoms with Gasteiger partial charge in [0.25, 0.3) is 5.91 Å². The molecule has 0 aromatic heterocycles. The van der Waals surface area contributed by atoms with Crippen LogP contribution in [0.1, 0.15) is 21.5 Å². The molecule has 0 spiro atoms. The molecule has 0 bridgehead atoms. The molecule has 5 nitrogen and oxygen atoms in total. The molecule has 0 unspecified atom stereocenters. The highest BCUT2D eigenvalue weighted by Gasteiger charge is 2.24. The standard InChI is InChI=1S/C20H21N3O2/c1-14-2-4-15(5-3-14)20(25)23-10-8-22(9-11-23)17-6-7-18-16(12-17)13-19(24)21-18/h2-7,12H,8-11,13H2,1H3,(H,21,24). The molecule has 2 aromatic rings. The van der Waals surface area contributed by atoms with Crippen LogP contribution in [0, 0.1) is 6.92 Å². The van der Waals surface area contributed by atoms with Crippen LogP contribution in [0.5, 0.6) is 0 Å². The van der Waals surface area contributed by atoms with Gasteiger partial charge in [0.05, 0.1) is 6.42 Å². The van der Waals surface area contributed by atoms with Crippen LogP contribution < -0.4 is 10.2 Å². The van der Waals surface area contributed by atoms with E-state index in [9.17, 15) is 9.59 Å². The summed E-state index contributed by atoms with van der Waals surface area (Å²) in [6.07, 6.45) is 0.453. The van der Waals surface area contributed by atoms with Crippen LogP contribution >= 0.6 is 0 Å². The van der Waals surface area contributed by atoms with Crippen LogP contribution in [0.3, 0.4) is 0 Å². The number of anilines is 2. The minimum Gasteiger partial charge on any atom is -0.368 e. The molecule has 2 aliphatic heterocycles. The predicted octanol–water partition coefficient (Wildman–Crippen LogP) is 2.45. The number of fused-ring (bicyclic) bond motifs is 1. The van der Waals surface area contributed by atoms with Crippen molar-refractivity contribution in [2.24, 2.45) is 0 Å². The molecule has 5 heteroatoms. The highest BCUT2D eigenvalue weighted by atomic mass is 16.2. The minimum atomic E-state index is 0.0562. The molecule has 1 N–H and O–H groups in total. The van der Waals surface area contributed by atoms with E-state index in [2.05, 4.69) is 16.3 Å². The first-order valence-electron chi connectivity index (χ1n) is 8.64. The second kappa shape index (κ2) is 6.24. The number of piperazine rings is 1. The maximum atomic E-state index is 12.6. The Bertz CT molecular complexity index is 821. The Morgan fingerprint density at radius 3 is 2.44 bits per heavy atom. The van der Waals surface area contributed by atoms with Crippen molar-refractivity contribution in [1.82, 2.24) is 4.90 Å². The lowest BCUT2D eigenvalue weighted by molar-refractivity contribution is -0.115. The molecular formula is C20H21N3O2. The van der Waals surface area contributed by atoms with Gasteiger partial charge in [0.15, 0.2) is 0 Å². The summed E-state index contributed by atoms with van der Waals surface area (Å²) >= 11 is 0. The number of nitrogens with zero attached hydrogens (tertiary/aromatic N) is 2. The minimum absolute atomic E-state index is 0.0562. The summed E-state index contributed by atoms with van der Waals surface area (Å²) in [5.74, 6) is 0.157. The molecule has 2 amide bonds. The van der Waals surface area contributed by atoms with Gasteiger partial charge < -0.3 is 15.1 Å². The SMILES string of the molecule is Cc1ccc(C(=O)N2CCN(c3ccc4c(c3)CC(=O)N4)CC2)cc1. The normalized spacial score (nSPS) is 16.6. The molecule has 25 heavy (non-hydrogen) atoms. The van der Waals surface area contributed by atoms with Crippen molar-refractivity contribution in [2.75, 3.05) is 36.4 Å². The van der Waals surface area contributed by atoms with Crippen LogP contribution in [-0.2, 0) is 11.2 Å². The molecule has 1 saturated heterocycles. The number of carbonyl (C=O) groups excluding carboxylic acids is 2. The van der Waals surface area contributed by atoms with E-state index in [0.717, 1.165) is 41.2 Å².